The van der Waals surface area contributed by atoms with Gasteiger partial charge in [-0.15, -0.1) is 0 Å². The van der Waals surface area contributed by atoms with Gasteiger partial charge in [0.15, 0.2) is 5.52 Å². The van der Waals surface area contributed by atoms with Crippen LogP contribution in [0.1, 0.15) is 11.1 Å². The van der Waals surface area contributed by atoms with Crippen LogP contribution in [0.5, 0.6) is 0 Å². The highest BCUT2D eigenvalue weighted by Gasteiger charge is 2.24. The zero-order valence-corrected chi connectivity index (χ0v) is 15.1. The third-order valence-electron chi connectivity index (χ3n) is 5.13. The van der Waals surface area contributed by atoms with Crippen LogP contribution in [0.25, 0.3) is 16.6 Å². The summed E-state index contributed by atoms with van der Waals surface area (Å²) in [7, 11) is 0. The molecule has 2 aromatic heterocycles. The van der Waals surface area contributed by atoms with Crippen molar-refractivity contribution in [3.63, 3.8) is 0 Å². The molecule has 6 nitrogen and oxygen atoms in total. The molecule has 0 radical (unpaired) electrons. The maximum atomic E-state index is 14.8. The van der Waals surface area contributed by atoms with E-state index < -0.39 is 17.2 Å². The number of allylic oxidation sites excluding steroid dienone is 2. The minimum absolute atomic E-state index is 0.0180. The van der Waals surface area contributed by atoms with Crippen molar-refractivity contribution in [2.24, 2.45) is 11.0 Å². The number of fused-ring (bicyclic) bond motifs is 2. The van der Waals surface area contributed by atoms with Crippen LogP contribution in [0.4, 0.5) is 8.78 Å². The molecule has 1 aliphatic carbocycles. The van der Waals surface area contributed by atoms with Crippen molar-refractivity contribution >= 4 is 22.8 Å². The topological polar surface area (TPSA) is 72.2 Å². The number of aromatic nitrogens is 3. The van der Waals surface area contributed by atoms with Crippen molar-refractivity contribution in [1.82, 2.24) is 20.0 Å². The largest absolute Gasteiger partial charge is 0.302 e. The fourth-order valence-electron chi connectivity index (χ4n) is 3.56. The molecule has 29 heavy (non-hydrogen) atoms. The third kappa shape index (κ3) is 3.02. The van der Waals surface area contributed by atoms with Crippen molar-refractivity contribution in [2.75, 3.05) is 0 Å². The Morgan fingerprint density at radius 1 is 1.17 bits per heavy atom. The molecule has 0 spiro atoms. The summed E-state index contributed by atoms with van der Waals surface area (Å²) in [6.07, 6.45) is 10.2. The highest BCUT2D eigenvalue weighted by Crippen LogP contribution is 2.28. The Kier molecular flexibility index (Phi) is 4.04. The van der Waals surface area contributed by atoms with Gasteiger partial charge in [0.25, 0.3) is 5.56 Å². The summed E-state index contributed by atoms with van der Waals surface area (Å²) in [5.41, 5.74) is 4.04. The van der Waals surface area contributed by atoms with Crippen LogP contribution in [0, 0.1) is 17.6 Å². The number of hydrogen-bond acceptors (Lipinski definition) is 5. The predicted molar refractivity (Wildman–Crippen MR) is 105 cm³/mol. The van der Waals surface area contributed by atoms with Crippen molar-refractivity contribution in [3.05, 3.63) is 88.1 Å². The van der Waals surface area contributed by atoms with Gasteiger partial charge in [-0.05, 0) is 35.4 Å². The smallest absolute Gasteiger partial charge is 0.280 e. The summed E-state index contributed by atoms with van der Waals surface area (Å²) >= 11 is 0. The summed E-state index contributed by atoms with van der Waals surface area (Å²) in [4.78, 5) is 20.7. The van der Waals surface area contributed by atoms with Crippen LogP contribution in [-0.2, 0) is 6.54 Å². The molecule has 3 aromatic rings. The van der Waals surface area contributed by atoms with E-state index in [1.54, 1.807) is 18.3 Å². The molecule has 144 valence electrons. The quantitative estimate of drug-likeness (QED) is 0.745. The Bertz CT molecular complexity index is 1250. The van der Waals surface area contributed by atoms with Gasteiger partial charge in [0, 0.05) is 23.9 Å². The van der Waals surface area contributed by atoms with Gasteiger partial charge < -0.3 is 5.43 Å². The van der Waals surface area contributed by atoms with Gasteiger partial charge in [-0.2, -0.15) is 5.10 Å². The first kappa shape index (κ1) is 17.4. The fraction of sp³-hybridized carbons (Fsp3) is 0.143. The van der Waals surface area contributed by atoms with Crippen LogP contribution in [0.3, 0.4) is 0 Å². The van der Waals surface area contributed by atoms with Crippen LogP contribution in [0.15, 0.2) is 64.9 Å². The van der Waals surface area contributed by atoms with E-state index in [2.05, 4.69) is 20.5 Å². The first-order chi connectivity index (χ1) is 14.1. The lowest BCUT2D eigenvalue weighted by Gasteiger charge is -2.18. The van der Waals surface area contributed by atoms with Crippen LogP contribution in [-0.4, -0.2) is 26.8 Å². The molecule has 3 heterocycles. The summed E-state index contributed by atoms with van der Waals surface area (Å²) in [6, 6.07) is 5.87. The predicted octanol–water partition coefficient (Wildman–Crippen LogP) is 2.65. The number of nitrogens with zero attached hydrogens (tertiary/aromatic N) is 4. The van der Waals surface area contributed by atoms with E-state index in [1.165, 1.54) is 24.7 Å². The highest BCUT2D eigenvalue weighted by atomic mass is 19.1. The molecule has 1 aliphatic heterocycles. The van der Waals surface area contributed by atoms with Crippen LogP contribution in [0.2, 0.25) is 0 Å². The molecule has 0 bridgehead atoms. The van der Waals surface area contributed by atoms with Crippen molar-refractivity contribution in [2.45, 2.75) is 12.6 Å². The van der Waals surface area contributed by atoms with Gasteiger partial charge >= 0.3 is 0 Å². The monoisotopic (exact) mass is 391 g/mol. The summed E-state index contributed by atoms with van der Waals surface area (Å²) in [6.45, 7) is -0.273. The zero-order valence-electron chi connectivity index (χ0n) is 15.1. The summed E-state index contributed by atoms with van der Waals surface area (Å²) < 4.78 is 30.7. The van der Waals surface area contributed by atoms with Gasteiger partial charge in [0.2, 0.25) is 0 Å². The molecule has 2 atom stereocenters. The van der Waals surface area contributed by atoms with E-state index in [1.807, 2.05) is 18.2 Å². The van der Waals surface area contributed by atoms with Gasteiger partial charge in [-0.1, -0.05) is 18.2 Å². The summed E-state index contributed by atoms with van der Waals surface area (Å²) in [5.74, 6) is -1.30. The van der Waals surface area contributed by atoms with Crippen molar-refractivity contribution in [1.29, 1.82) is 0 Å². The lowest BCUT2D eigenvalue weighted by molar-refractivity contribution is 0.540. The highest BCUT2D eigenvalue weighted by molar-refractivity contribution is 5.80. The molecule has 0 fully saturated rings. The molecule has 0 saturated carbocycles. The Balaban J connectivity index is 1.49. The Morgan fingerprint density at radius 2 is 2.00 bits per heavy atom. The van der Waals surface area contributed by atoms with Gasteiger partial charge in [-0.3, -0.25) is 9.36 Å². The van der Waals surface area contributed by atoms with E-state index in [9.17, 15) is 13.6 Å². The van der Waals surface area contributed by atoms with Gasteiger partial charge in [-0.25, -0.2) is 18.7 Å². The second kappa shape index (κ2) is 6.73. The Morgan fingerprint density at radius 3 is 2.83 bits per heavy atom. The lowest BCUT2D eigenvalue weighted by atomic mass is 9.90. The Labute approximate surface area is 163 Å². The SMILES string of the molecule is O=c1c2ncccc2ncn1Cc1c(F)cc(C2=CC3NN=CC3C=C2)cc1F. The van der Waals surface area contributed by atoms with Crippen LogP contribution < -0.4 is 11.0 Å². The standard InChI is InChI=1S/C21H15F2N5O/c22-16-6-14(12-3-4-13-9-26-27-19(13)8-12)7-17(23)15(16)10-28-11-25-18-2-1-5-24-20(18)21(28)29/h1-9,11,13,19,27H,10H2. The lowest BCUT2D eigenvalue weighted by Crippen LogP contribution is -2.26. The molecule has 2 aliphatic rings. The van der Waals surface area contributed by atoms with Crippen molar-refractivity contribution < 1.29 is 8.78 Å². The number of halogens is 2. The van der Waals surface area contributed by atoms with E-state index in [-0.39, 0.29) is 29.6 Å². The first-order valence-electron chi connectivity index (χ1n) is 9.07. The minimum atomic E-state index is -0.722. The molecular weight excluding hydrogens is 376 g/mol. The second-order valence-corrected chi connectivity index (χ2v) is 6.96. The maximum Gasteiger partial charge on any atom is 0.280 e. The average molecular weight is 391 g/mol. The molecule has 0 amide bonds. The van der Waals surface area contributed by atoms with E-state index >= 15 is 0 Å². The molecule has 5 rings (SSSR count). The van der Waals surface area contributed by atoms with Gasteiger partial charge in [0.1, 0.15) is 11.6 Å². The molecule has 0 saturated heterocycles. The number of hydrazone groups is 1. The Hall–Kier alpha value is -3.68. The van der Waals surface area contributed by atoms with Crippen molar-refractivity contribution in [3.8, 4) is 0 Å². The van der Waals surface area contributed by atoms with E-state index in [4.69, 9.17) is 0 Å². The second-order valence-electron chi connectivity index (χ2n) is 6.96. The van der Waals surface area contributed by atoms with E-state index in [0.29, 0.717) is 16.7 Å². The molecule has 8 heteroatoms. The number of nitrogens with one attached hydrogen (secondary N) is 1. The van der Waals surface area contributed by atoms with Gasteiger partial charge in [0.05, 0.1) is 24.4 Å². The molecule has 1 N–H and O–H groups in total. The number of rotatable bonds is 3. The fourth-order valence-corrected chi connectivity index (χ4v) is 3.56. The molecule has 1 aromatic carbocycles. The zero-order chi connectivity index (χ0) is 20.0. The summed E-state index contributed by atoms with van der Waals surface area (Å²) in [5, 5.41) is 4.02. The molecular formula is C21H15F2N5O. The maximum absolute atomic E-state index is 14.8. The number of benzene rings is 1. The first-order valence-corrected chi connectivity index (χ1v) is 9.07. The number of pyridine rings is 1. The van der Waals surface area contributed by atoms with E-state index in [0.717, 1.165) is 4.57 Å². The minimum Gasteiger partial charge on any atom is -0.302 e. The third-order valence-corrected chi connectivity index (χ3v) is 5.13. The van der Waals surface area contributed by atoms with Crippen LogP contribution >= 0.6 is 0 Å². The average Bonchev–Trinajstić information content (AvgIpc) is 3.20. The normalized spacial score (nSPS) is 19.9. The molecule has 2 unspecified atom stereocenters. The number of hydrogen-bond donors (Lipinski definition) is 1.